The second kappa shape index (κ2) is 8.29. The van der Waals surface area contributed by atoms with Crippen molar-refractivity contribution in [1.29, 1.82) is 0 Å². The van der Waals surface area contributed by atoms with E-state index in [0.29, 0.717) is 18.4 Å². The van der Waals surface area contributed by atoms with Gasteiger partial charge >= 0.3 is 0 Å². The lowest BCUT2D eigenvalue weighted by atomic mass is 9.89. The number of fused-ring (bicyclic) bond motifs is 1. The minimum atomic E-state index is -0.234. The maximum Gasteiger partial charge on any atom is 0.237 e. The van der Waals surface area contributed by atoms with Crippen molar-refractivity contribution in [3.63, 3.8) is 0 Å². The Morgan fingerprint density at radius 2 is 2.09 bits per heavy atom. The average molecular weight is 364 g/mol. The molecule has 2 fully saturated rings. The lowest BCUT2D eigenvalue weighted by Gasteiger charge is -2.29. The molecule has 4 nitrogen and oxygen atoms in total. The summed E-state index contributed by atoms with van der Waals surface area (Å²) in [6.07, 6.45) is 0. The molecule has 0 bridgehead atoms. The molecule has 3 atom stereocenters. The van der Waals surface area contributed by atoms with E-state index in [1.165, 1.54) is 6.07 Å². The van der Waals surface area contributed by atoms with Crippen LogP contribution in [0.25, 0.3) is 0 Å². The molecule has 1 aromatic rings. The van der Waals surface area contributed by atoms with Gasteiger partial charge in [0.2, 0.25) is 5.91 Å². The fraction of sp³-hybridized carbons (Fsp3) is 0.562. The highest BCUT2D eigenvalue weighted by Gasteiger charge is 2.46. The van der Waals surface area contributed by atoms with E-state index in [0.717, 1.165) is 25.2 Å². The highest BCUT2D eigenvalue weighted by Crippen LogP contribution is 2.42. The molecule has 0 saturated carbocycles. The van der Waals surface area contributed by atoms with Crippen molar-refractivity contribution in [1.82, 2.24) is 15.1 Å². The topological polar surface area (TPSA) is 35.6 Å². The van der Waals surface area contributed by atoms with E-state index in [1.807, 2.05) is 30.0 Å². The van der Waals surface area contributed by atoms with E-state index in [-0.39, 0.29) is 42.6 Å². The quantitative estimate of drug-likeness (QED) is 0.891. The third-order valence-corrected chi connectivity index (χ3v) is 4.53. The van der Waals surface area contributed by atoms with Gasteiger partial charge in [-0.1, -0.05) is 12.1 Å². The van der Waals surface area contributed by atoms with Crippen LogP contribution in [0.4, 0.5) is 4.39 Å². The number of rotatable bonds is 3. The molecule has 3 rings (SSSR count). The Kier molecular flexibility index (Phi) is 7.27. The molecule has 7 heteroatoms. The van der Waals surface area contributed by atoms with Crippen LogP contribution in [-0.4, -0.2) is 56.0 Å². The maximum absolute atomic E-state index is 13.6. The lowest BCUT2D eigenvalue weighted by molar-refractivity contribution is -0.133. The van der Waals surface area contributed by atoms with Gasteiger partial charge in [-0.05, 0) is 37.7 Å². The van der Waals surface area contributed by atoms with Crippen LogP contribution < -0.4 is 5.32 Å². The van der Waals surface area contributed by atoms with E-state index in [1.54, 1.807) is 12.1 Å². The molecular weight excluding hydrogens is 340 g/mol. The number of carbonyl (C=O) groups is 1. The van der Waals surface area contributed by atoms with Crippen LogP contribution in [0, 0.1) is 17.7 Å². The summed E-state index contributed by atoms with van der Waals surface area (Å²) >= 11 is 0. The van der Waals surface area contributed by atoms with Gasteiger partial charge in [0.1, 0.15) is 5.82 Å². The van der Waals surface area contributed by atoms with Crippen LogP contribution >= 0.6 is 24.8 Å². The van der Waals surface area contributed by atoms with Gasteiger partial charge in [-0.2, -0.15) is 0 Å². The van der Waals surface area contributed by atoms with E-state index in [9.17, 15) is 9.18 Å². The summed E-state index contributed by atoms with van der Waals surface area (Å²) in [4.78, 5) is 16.4. The molecule has 0 spiro atoms. The molecule has 130 valence electrons. The van der Waals surface area contributed by atoms with Crippen molar-refractivity contribution < 1.29 is 9.18 Å². The molecule has 0 aliphatic carbocycles. The van der Waals surface area contributed by atoms with Crippen molar-refractivity contribution >= 4 is 30.7 Å². The summed E-state index contributed by atoms with van der Waals surface area (Å²) in [6, 6.07) is 6.68. The first-order chi connectivity index (χ1) is 10.1. The lowest BCUT2D eigenvalue weighted by Crippen LogP contribution is -2.39. The molecule has 2 aliphatic heterocycles. The van der Waals surface area contributed by atoms with Gasteiger partial charge in [-0.3, -0.25) is 4.79 Å². The number of nitrogens with zero attached hydrogens (tertiary/aromatic N) is 2. The van der Waals surface area contributed by atoms with E-state index >= 15 is 0 Å². The molecule has 2 heterocycles. The summed E-state index contributed by atoms with van der Waals surface area (Å²) in [7, 11) is 3.79. The Morgan fingerprint density at radius 1 is 1.35 bits per heavy atom. The van der Waals surface area contributed by atoms with Crippen LogP contribution in [0.1, 0.15) is 11.6 Å². The third-order valence-electron chi connectivity index (χ3n) is 4.53. The van der Waals surface area contributed by atoms with Crippen molar-refractivity contribution in [3.05, 3.63) is 35.6 Å². The predicted octanol–water partition coefficient (Wildman–Crippen LogP) is 1.95. The Hall–Kier alpha value is -0.880. The second-order valence-electron chi connectivity index (χ2n) is 6.37. The molecular formula is C16H24Cl2FN3O. The van der Waals surface area contributed by atoms with Crippen LogP contribution in [0.3, 0.4) is 0 Å². The number of likely N-dealkylation sites (N-methyl/N-ethyl adjacent to an activating group) is 1. The van der Waals surface area contributed by atoms with Gasteiger partial charge in [-0.25, -0.2) is 4.39 Å². The molecule has 0 radical (unpaired) electrons. The fourth-order valence-corrected chi connectivity index (χ4v) is 3.66. The number of nitrogens with one attached hydrogen (secondary N) is 1. The van der Waals surface area contributed by atoms with Gasteiger partial charge in [0.25, 0.3) is 0 Å². The smallest absolute Gasteiger partial charge is 0.237 e. The third kappa shape index (κ3) is 4.15. The Balaban J connectivity index is 0.00000132. The zero-order chi connectivity index (χ0) is 15.0. The number of halogens is 3. The first kappa shape index (κ1) is 20.2. The van der Waals surface area contributed by atoms with Gasteiger partial charge in [0.05, 0.1) is 12.6 Å². The largest absolute Gasteiger partial charge is 0.334 e. The monoisotopic (exact) mass is 363 g/mol. The summed E-state index contributed by atoms with van der Waals surface area (Å²) < 4.78 is 13.6. The van der Waals surface area contributed by atoms with Crippen LogP contribution in [0.2, 0.25) is 0 Å². The van der Waals surface area contributed by atoms with Crippen LogP contribution in [0.5, 0.6) is 0 Å². The summed E-state index contributed by atoms with van der Waals surface area (Å²) in [5.41, 5.74) is 0.915. The maximum atomic E-state index is 13.6. The molecule has 0 unspecified atom stereocenters. The highest BCUT2D eigenvalue weighted by atomic mass is 35.5. The van der Waals surface area contributed by atoms with Crippen molar-refractivity contribution in [3.8, 4) is 0 Å². The number of likely N-dealkylation sites (tertiary alicyclic amines) is 1. The molecule has 1 aromatic carbocycles. The first-order valence-corrected chi connectivity index (χ1v) is 7.46. The van der Waals surface area contributed by atoms with Gasteiger partial charge < -0.3 is 15.1 Å². The zero-order valence-corrected chi connectivity index (χ0v) is 15.0. The molecule has 1 amide bonds. The number of carbonyl (C=O) groups excluding carboxylic acids is 1. The standard InChI is InChI=1S/C16H22FN3O.2ClH/c1-19(2)10-15(21)20-9-12-7-18-8-14(12)16(20)11-4-3-5-13(17)6-11;;/h3-6,12,14,16,18H,7-10H2,1-2H3;2*1H/t12-,14-,16+;;/m0../s1. The van der Waals surface area contributed by atoms with Crippen molar-refractivity contribution in [2.24, 2.45) is 11.8 Å². The number of hydrogen-bond acceptors (Lipinski definition) is 3. The summed E-state index contributed by atoms with van der Waals surface area (Å²) in [6.45, 7) is 3.02. The fourth-order valence-electron chi connectivity index (χ4n) is 3.66. The molecule has 0 aromatic heterocycles. The minimum Gasteiger partial charge on any atom is -0.334 e. The number of benzene rings is 1. The molecule has 23 heavy (non-hydrogen) atoms. The van der Waals surface area contributed by atoms with Crippen LogP contribution in [-0.2, 0) is 4.79 Å². The van der Waals surface area contributed by atoms with E-state index in [4.69, 9.17) is 0 Å². The van der Waals surface area contributed by atoms with Crippen molar-refractivity contribution in [2.45, 2.75) is 6.04 Å². The first-order valence-electron chi connectivity index (χ1n) is 7.46. The summed E-state index contributed by atoms with van der Waals surface area (Å²) in [5.74, 6) is 0.757. The zero-order valence-electron chi connectivity index (χ0n) is 13.4. The highest BCUT2D eigenvalue weighted by molar-refractivity contribution is 5.85. The molecule has 1 N–H and O–H groups in total. The number of hydrogen-bond donors (Lipinski definition) is 1. The normalized spacial score (nSPS) is 25.7. The Labute approximate surface area is 149 Å². The van der Waals surface area contributed by atoms with E-state index < -0.39 is 0 Å². The second-order valence-corrected chi connectivity index (χ2v) is 6.37. The SMILES string of the molecule is CN(C)CC(=O)N1C[C@@H]2CNC[C@@H]2[C@H]1c1cccc(F)c1.Cl.Cl. The van der Waals surface area contributed by atoms with E-state index in [2.05, 4.69) is 5.32 Å². The van der Waals surface area contributed by atoms with Crippen LogP contribution in [0.15, 0.2) is 24.3 Å². The molecule has 2 aliphatic rings. The average Bonchev–Trinajstić information content (AvgIpc) is 2.97. The number of amides is 1. The van der Waals surface area contributed by atoms with Gasteiger partial charge in [-0.15, -0.1) is 24.8 Å². The van der Waals surface area contributed by atoms with Gasteiger partial charge in [0.15, 0.2) is 0 Å². The predicted molar refractivity (Wildman–Crippen MR) is 93.8 cm³/mol. The molecule has 2 saturated heterocycles. The Morgan fingerprint density at radius 3 is 2.74 bits per heavy atom. The Bertz CT molecular complexity index is 544. The van der Waals surface area contributed by atoms with Gasteiger partial charge in [0, 0.05) is 25.6 Å². The van der Waals surface area contributed by atoms with Crippen molar-refractivity contribution in [2.75, 3.05) is 40.3 Å². The summed E-state index contributed by atoms with van der Waals surface area (Å²) in [5, 5.41) is 3.40. The minimum absolute atomic E-state index is 0.